The Labute approximate surface area is 116 Å². The number of hydrogen-bond acceptors (Lipinski definition) is 5. The van der Waals surface area contributed by atoms with Crippen LogP contribution in [0, 0.1) is 6.92 Å². The van der Waals surface area contributed by atoms with Crippen LogP contribution < -0.4 is 10.5 Å². The molecule has 0 aliphatic heterocycles. The van der Waals surface area contributed by atoms with E-state index < -0.39 is 0 Å². The average molecular weight is 269 g/mol. The highest BCUT2D eigenvalue weighted by atomic mass is 16.5. The van der Waals surface area contributed by atoms with Crippen LogP contribution in [0.5, 0.6) is 5.88 Å². The van der Waals surface area contributed by atoms with E-state index >= 15 is 0 Å². The number of fused-ring (bicyclic) bond motifs is 1. The quantitative estimate of drug-likeness (QED) is 0.733. The number of methoxy groups -OCH3 is 1. The van der Waals surface area contributed by atoms with Crippen LogP contribution in [0.4, 0.5) is 5.69 Å². The van der Waals surface area contributed by atoms with E-state index in [0.717, 1.165) is 22.3 Å². The molecule has 6 nitrogen and oxygen atoms in total. The molecule has 0 atom stereocenters. The van der Waals surface area contributed by atoms with E-state index in [0.29, 0.717) is 18.2 Å². The zero-order chi connectivity index (χ0) is 14.1. The summed E-state index contributed by atoms with van der Waals surface area (Å²) >= 11 is 0. The van der Waals surface area contributed by atoms with Crippen LogP contribution >= 0.6 is 0 Å². The summed E-state index contributed by atoms with van der Waals surface area (Å²) in [5.41, 5.74) is 8.62. The van der Waals surface area contributed by atoms with E-state index in [9.17, 15) is 0 Å². The number of anilines is 1. The number of aryl methyl sites for hydroxylation is 1. The largest absolute Gasteiger partial charge is 0.481 e. The molecule has 0 aliphatic carbocycles. The van der Waals surface area contributed by atoms with Gasteiger partial charge in [-0.15, -0.1) is 0 Å². The zero-order valence-corrected chi connectivity index (χ0v) is 11.4. The van der Waals surface area contributed by atoms with Gasteiger partial charge in [0.15, 0.2) is 5.82 Å². The van der Waals surface area contributed by atoms with Gasteiger partial charge in [-0.25, -0.2) is 4.98 Å². The predicted molar refractivity (Wildman–Crippen MR) is 76.6 cm³/mol. The van der Waals surface area contributed by atoms with E-state index in [4.69, 9.17) is 10.5 Å². The summed E-state index contributed by atoms with van der Waals surface area (Å²) in [7, 11) is 1.58. The van der Waals surface area contributed by atoms with Crippen LogP contribution in [0.25, 0.3) is 10.9 Å². The SMILES string of the molecule is COc1ccnc(Cn2nc(C)c3c(N)cccc32)n1. The molecule has 2 aromatic heterocycles. The lowest BCUT2D eigenvalue weighted by Crippen LogP contribution is -2.06. The Morgan fingerprint density at radius 2 is 2.15 bits per heavy atom. The van der Waals surface area contributed by atoms with Gasteiger partial charge in [-0.2, -0.15) is 10.1 Å². The monoisotopic (exact) mass is 269 g/mol. The van der Waals surface area contributed by atoms with Gasteiger partial charge in [0.1, 0.15) is 6.54 Å². The minimum atomic E-state index is 0.477. The highest BCUT2D eigenvalue weighted by Crippen LogP contribution is 2.24. The van der Waals surface area contributed by atoms with Gasteiger partial charge in [0.2, 0.25) is 5.88 Å². The molecule has 1 aromatic carbocycles. The van der Waals surface area contributed by atoms with Crippen molar-refractivity contribution in [2.45, 2.75) is 13.5 Å². The fraction of sp³-hybridized carbons (Fsp3) is 0.214. The molecular formula is C14H15N5O. The number of nitrogen functional groups attached to an aromatic ring is 1. The number of ether oxygens (including phenoxy) is 1. The first-order chi connectivity index (χ1) is 9.69. The van der Waals surface area contributed by atoms with Gasteiger partial charge in [0.25, 0.3) is 0 Å². The topological polar surface area (TPSA) is 78.8 Å². The van der Waals surface area contributed by atoms with Gasteiger partial charge in [0.05, 0.1) is 18.3 Å². The van der Waals surface area contributed by atoms with Gasteiger partial charge in [-0.3, -0.25) is 4.68 Å². The standard InChI is InChI=1S/C14H15N5O/c1-9-14-10(15)4-3-5-11(14)19(18-9)8-12-16-7-6-13(17-12)20-2/h3-7H,8,15H2,1-2H3. The molecule has 0 spiro atoms. The highest BCUT2D eigenvalue weighted by Gasteiger charge is 2.11. The first-order valence-corrected chi connectivity index (χ1v) is 6.26. The van der Waals surface area contributed by atoms with E-state index in [1.54, 1.807) is 19.4 Å². The molecule has 3 aromatic rings. The minimum absolute atomic E-state index is 0.477. The smallest absolute Gasteiger partial charge is 0.216 e. The lowest BCUT2D eigenvalue weighted by molar-refractivity contribution is 0.394. The molecule has 20 heavy (non-hydrogen) atoms. The van der Waals surface area contributed by atoms with Crippen LogP contribution in [0.15, 0.2) is 30.5 Å². The summed E-state index contributed by atoms with van der Waals surface area (Å²) in [6.07, 6.45) is 1.67. The van der Waals surface area contributed by atoms with Crippen molar-refractivity contribution in [3.63, 3.8) is 0 Å². The summed E-state index contributed by atoms with van der Waals surface area (Å²) in [4.78, 5) is 8.54. The number of nitrogens with two attached hydrogens (primary N) is 1. The fourth-order valence-corrected chi connectivity index (χ4v) is 2.28. The lowest BCUT2D eigenvalue weighted by Gasteiger charge is -2.04. The van der Waals surface area contributed by atoms with Crippen molar-refractivity contribution in [3.05, 3.63) is 42.0 Å². The van der Waals surface area contributed by atoms with Crippen molar-refractivity contribution in [3.8, 4) is 5.88 Å². The number of nitrogens with zero attached hydrogens (tertiary/aromatic N) is 4. The van der Waals surface area contributed by atoms with Gasteiger partial charge in [0, 0.05) is 23.3 Å². The first kappa shape index (κ1) is 12.4. The summed E-state index contributed by atoms with van der Waals surface area (Å²) in [6, 6.07) is 7.50. The third-order valence-electron chi connectivity index (χ3n) is 3.17. The van der Waals surface area contributed by atoms with E-state index in [1.165, 1.54) is 0 Å². The molecule has 6 heteroatoms. The van der Waals surface area contributed by atoms with Gasteiger partial charge >= 0.3 is 0 Å². The Hall–Kier alpha value is -2.63. The number of rotatable bonds is 3. The maximum atomic E-state index is 6.00. The zero-order valence-electron chi connectivity index (χ0n) is 11.4. The summed E-state index contributed by atoms with van der Waals surface area (Å²) in [5.74, 6) is 1.19. The third kappa shape index (κ3) is 2.05. The van der Waals surface area contributed by atoms with E-state index in [-0.39, 0.29) is 0 Å². The van der Waals surface area contributed by atoms with Crippen molar-refractivity contribution in [1.29, 1.82) is 0 Å². The molecule has 0 bridgehead atoms. The minimum Gasteiger partial charge on any atom is -0.481 e. The van der Waals surface area contributed by atoms with Gasteiger partial charge < -0.3 is 10.5 Å². The number of hydrogen-bond donors (Lipinski definition) is 1. The van der Waals surface area contributed by atoms with Crippen LogP contribution in [-0.2, 0) is 6.54 Å². The Morgan fingerprint density at radius 3 is 2.95 bits per heavy atom. The van der Waals surface area contributed by atoms with Crippen LogP contribution in [0.3, 0.4) is 0 Å². The fourth-order valence-electron chi connectivity index (χ4n) is 2.28. The lowest BCUT2D eigenvalue weighted by atomic mass is 10.2. The molecule has 0 fully saturated rings. The van der Waals surface area contributed by atoms with E-state index in [1.807, 2.05) is 29.8 Å². The highest BCUT2D eigenvalue weighted by molar-refractivity contribution is 5.92. The molecule has 2 heterocycles. The molecular weight excluding hydrogens is 254 g/mol. The van der Waals surface area contributed by atoms with Crippen LogP contribution in [-0.4, -0.2) is 26.9 Å². The van der Waals surface area contributed by atoms with E-state index in [2.05, 4.69) is 15.1 Å². The van der Waals surface area contributed by atoms with Crippen molar-refractivity contribution >= 4 is 16.6 Å². The second-order valence-corrected chi connectivity index (χ2v) is 4.50. The van der Waals surface area contributed by atoms with Gasteiger partial charge in [-0.05, 0) is 19.1 Å². The Bertz CT molecular complexity index is 765. The second kappa shape index (κ2) is 4.80. The predicted octanol–water partition coefficient (Wildman–Crippen LogP) is 1.77. The summed E-state index contributed by atoms with van der Waals surface area (Å²) in [5, 5.41) is 5.50. The van der Waals surface area contributed by atoms with Crippen molar-refractivity contribution < 1.29 is 4.74 Å². The molecule has 0 aliphatic rings. The summed E-state index contributed by atoms with van der Waals surface area (Å²) < 4.78 is 6.96. The molecule has 0 radical (unpaired) electrons. The molecule has 0 saturated carbocycles. The normalized spacial score (nSPS) is 10.9. The third-order valence-corrected chi connectivity index (χ3v) is 3.17. The molecule has 0 unspecified atom stereocenters. The van der Waals surface area contributed by atoms with Crippen LogP contribution in [0.1, 0.15) is 11.5 Å². The maximum absolute atomic E-state index is 6.00. The van der Waals surface area contributed by atoms with Crippen molar-refractivity contribution in [2.75, 3.05) is 12.8 Å². The van der Waals surface area contributed by atoms with Gasteiger partial charge in [-0.1, -0.05) is 6.07 Å². The number of benzene rings is 1. The summed E-state index contributed by atoms with van der Waals surface area (Å²) in [6.45, 7) is 2.42. The Kier molecular flexibility index (Phi) is 2.98. The number of aromatic nitrogens is 4. The molecule has 3 rings (SSSR count). The second-order valence-electron chi connectivity index (χ2n) is 4.50. The molecule has 0 amide bonds. The Balaban J connectivity index is 2.05. The average Bonchev–Trinajstić information content (AvgIpc) is 2.77. The van der Waals surface area contributed by atoms with Crippen molar-refractivity contribution in [2.24, 2.45) is 0 Å². The maximum Gasteiger partial charge on any atom is 0.216 e. The first-order valence-electron chi connectivity index (χ1n) is 6.26. The van der Waals surface area contributed by atoms with Crippen molar-refractivity contribution in [1.82, 2.24) is 19.7 Å². The van der Waals surface area contributed by atoms with Crippen LogP contribution in [0.2, 0.25) is 0 Å². The molecule has 102 valence electrons. The molecule has 2 N–H and O–H groups in total. The molecule has 0 saturated heterocycles. The Morgan fingerprint density at radius 1 is 1.30 bits per heavy atom.